The maximum atomic E-state index is 9.86. The van der Waals surface area contributed by atoms with E-state index in [1.165, 1.54) is 11.1 Å². The molecule has 1 atom stereocenters. The Kier molecular flexibility index (Phi) is 3.74. The van der Waals surface area contributed by atoms with E-state index in [4.69, 9.17) is 4.74 Å². The van der Waals surface area contributed by atoms with Crippen molar-refractivity contribution in [2.75, 3.05) is 11.9 Å². The largest absolute Gasteiger partial charge is 0.508 e. The molecule has 0 aromatic heterocycles. The third-order valence-electron chi connectivity index (χ3n) is 4.05. The Labute approximate surface area is 125 Å². The second-order valence-corrected chi connectivity index (χ2v) is 5.68. The number of benzene rings is 2. The first kappa shape index (κ1) is 13.8. The molecule has 0 radical (unpaired) electrons. The van der Waals surface area contributed by atoms with Crippen LogP contribution in [0.1, 0.15) is 35.6 Å². The van der Waals surface area contributed by atoms with Crippen molar-refractivity contribution < 1.29 is 9.84 Å². The first-order chi connectivity index (χ1) is 10.1. The summed E-state index contributed by atoms with van der Waals surface area (Å²) in [5, 5.41) is 13.4. The number of hydrogen-bond donors (Lipinski definition) is 2. The molecule has 110 valence electrons. The summed E-state index contributed by atoms with van der Waals surface area (Å²) in [6.45, 7) is 4.74. The smallest absolute Gasteiger partial charge is 0.127 e. The van der Waals surface area contributed by atoms with Crippen molar-refractivity contribution >= 4 is 5.69 Å². The third kappa shape index (κ3) is 2.82. The number of phenols is 1. The number of aromatic hydroxyl groups is 1. The number of fused-ring (bicyclic) bond motifs is 1. The Morgan fingerprint density at radius 3 is 2.81 bits per heavy atom. The SMILES string of the molecule is Cc1ccc(NC2CCCOc3c(C)cccc32)cc1O. The number of aryl methyl sites for hydroxylation is 2. The van der Waals surface area contributed by atoms with Gasteiger partial charge in [0.15, 0.2) is 0 Å². The lowest BCUT2D eigenvalue weighted by atomic mass is 9.99. The maximum Gasteiger partial charge on any atom is 0.127 e. The number of phenolic OH excluding ortho intramolecular Hbond substituents is 1. The van der Waals surface area contributed by atoms with Crippen LogP contribution in [-0.2, 0) is 0 Å². The van der Waals surface area contributed by atoms with E-state index in [2.05, 4.69) is 30.4 Å². The Hall–Kier alpha value is -2.16. The van der Waals surface area contributed by atoms with Crippen LogP contribution in [0.5, 0.6) is 11.5 Å². The zero-order valence-corrected chi connectivity index (χ0v) is 12.5. The number of para-hydroxylation sites is 1. The van der Waals surface area contributed by atoms with Gasteiger partial charge in [-0.2, -0.15) is 0 Å². The summed E-state index contributed by atoms with van der Waals surface area (Å²) in [6, 6.07) is 12.2. The van der Waals surface area contributed by atoms with E-state index in [1.807, 2.05) is 19.1 Å². The maximum absolute atomic E-state index is 9.86. The normalized spacial score (nSPS) is 17.5. The van der Waals surface area contributed by atoms with Crippen LogP contribution in [0.4, 0.5) is 5.69 Å². The van der Waals surface area contributed by atoms with Gasteiger partial charge in [0.1, 0.15) is 11.5 Å². The second kappa shape index (κ2) is 5.68. The number of anilines is 1. The number of rotatable bonds is 2. The molecule has 0 aliphatic carbocycles. The molecule has 2 aromatic rings. The van der Waals surface area contributed by atoms with Crippen LogP contribution < -0.4 is 10.1 Å². The van der Waals surface area contributed by atoms with Gasteiger partial charge in [0.05, 0.1) is 12.6 Å². The Morgan fingerprint density at radius 2 is 2.00 bits per heavy atom. The molecule has 0 fully saturated rings. The molecule has 0 saturated heterocycles. The average Bonchev–Trinajstić information content (AvgIpc) is 2.67. The molecule has 3 heteroatoms. The predicted octanol–water partition coefficient (Wildman–Crippen LogP) is 4.33. The molecule has 1 aliphatic rings. The molecule has 21 heavy (non-hydrogen) atoms. The molecule has 1 aliphatic heterocycles. The van der Waals surface area contributed by atoms with Crippen LogP contribution >= 0.6 is 0 Å². The highest BCUT2D eigenvalue weighted by atomic mass is 16.5. The summed E-state index contributed by atoms with van der Waals surface area (Å²) >= 11 is 0. The first-order valence-corrected chi connectivity index (χ1v) is 7.43. The van der Waals surface area contributed by atoms with E-state index in [-0.39, 0.29) is 6.04 Å². The molecule has 3 rings (SSSR count). The van der Waals surface area contributed by atoms with Gasteiger partial charge in [0.2, 0.25) is 0 Å². The van der Waals surface area contributed by atoms with E-state index in [9.17, 15) is 5.11 Å². The number of hydrogen-bond acceptors (Lipinski definition) is 3. The van der Waals surface area contributed by atoms with Crippen LogP contribution in [0.25, 0.3) is 0 Å². The molecule has 0 saturated carbocycles. The minimum atomic E-state index is 0.213. The molecule has 0 bridgehead atoms. The number of nitrogens with one attached hydrogen (secondary N) is 1. The van der Waals surface area contributed by atoms with Gasteiger partial charge in [0, 0.05) is 17.3 Å². The minimum absolute atomic E-state index is 0.213. The topological polar surface area (TPSA) is 41.5 Å². The minimum Gasteiger partial charge on any atom is -0.508 e. The summed E-state index contributed by atoms with van der Waals surface area (Å²) in [5.74, 6) is 1.33. The van der Waals surface area contributed by atoms with Crippen molar-refractivity contribution in [3.05, 3.63) is 53.1 Å². The van der Waals surface area contributed by atoms with Crippen molar-refractivity contribution in [3.63, 3.8) is 0 Å². The van der Waals surface area contributed by atoms with Crippen LogP contribution in [-0.4, -0.2) is 11.7 Å². The lowest BCUT2D eigenvalue weighted by molar-refractivity contribution is 0.314. The van der Waals surface area contributed by atoms with Gasteiger partial charge in [0.25, 0.3) is 0 Å². The highest BCUT2D eigenvalue weighted by molar-refractivity contribution is 5.54. The van der Waals surface area contributed by atoms with E-state index in [0.29, 0.717) is 5.75 Å². The van der Waals surface area contributed by atoms with Crippen molar-refractivity contribution in [3.8, 4) is 11.5 Å². The van der Waals surface area contributed by atoms with Crippen LogP contribution in [0.2, 0.25) is 0 Å². The van der Waals surface area contributed by atoms with Gasteiger partial charge in [-0.3, -0.25) is 0 Å². The van der Waals surface area contributed by atoms with Gasteiger partial charge in [-0.15, -0.1) is 0 Å². The molecule has 1 unspecified atom stereocenters. The lowest BCUT2D eigenvalue weighted by Crippen LogP contribution is -2.10. The fourth-order valence-corrected chi connectivity index (χ4v) is 2.81. The van der Waals surface area contributed by atoms with Gasteiger partial charge in [-0.25, -0.2) is 0 Å². The van der Waals surface area contributed by atoms with Crippen LogP contribution in [0, 0.1) is 13.8 Å². The van der Waals surface area contributed by atoms with Gasteiger partial charge >= 0.3 is 0 Å². The number of ether oxygens (including phenoxy) is 1. The molecular formula is C18H21NO2. The average molecular weight is 283 g/mol. The zero-order chi connectivity index (χ0) is 14.8. The summed E-state index contributed by atoms with van der Waals surface area (Å²) in [4.78, 5) is 0. The fourth-order valence-electron chi connectivity index (χ4n) is 2.81. The standard InChI is InChI=1S/C18H21NO2/c1-12-8-9-14(11-17(12)20)19-16-7-4-10-21-18-13(2)5-3-6-15(16)18/h3,5-6,8-9,11,16,19-20H,4,7,10H2,1-2H3. The molecular weight excluding hydrogens is 262 g/mol. The first-order valence-electron chi connectivity index (χ1n) is 7.43. The highest BCUT2D eigenvalue weighted by Crippen LogP contribution is 2.36. The molecule has 2 N–H and O–H groups in total. The van der Waals surface area contributed by atoms with E-state index in [0.717, 1.165) is 36.4 Å². The molecule has 1 heterocycles. The Morgan fingerprint density at radius 1 is 1.14 bits per heavy atom. The summed E-state index contributed by atoms with van der Waals surface area (Å²) < 4.78 is 5.90. The Balaban J connectivity index is 1.92. The quantitative estimate of drug-likeness (QED) is 0.861. The van der Waals surface area contributed by atoms with Crippen molar-refractivity contribution in [1.82, 2.24) is 0 Å². The third-order valence-corrected chi connectivity index (χ3v) is 4.05. The van der Waals surface area contributed by atoms with E-state index >= 15 is 0 Å². The van der Waals surface area contributed by atoms with Gasteiger partial charge in [-0.05, 0) is 43.9 Å². The second-order valence-electron chi connectivity index (χ2n) is 5.68. The summed E-state index contributed by atoms with van der Waals surface area (Å²) in [5.41, 5.74) is 4.21. The zero-order valence-electron chi connectivity index (χ0n) is 12.5. The molecule has 0 amide bonds. The molecule has 0 spiro atoms. The summed E-state index contributed by atoms with van der Waals surface area (Å²) in [7, 11) is 0. The highest BCUT2D eigenvalue weighted by Gasteiger charge is 2.21. The summed E-state index contributed by atoms with van der Waals surface area (Å²) in [6.07, 6.45) is 2.04. The van der Waals surface area contributed by atoms with E-state index in [1.54, 1.807) is 6.07 Å². The van der Waals surface area contributed by atoms with Crippen molar-refractivity contribution in [1.29, 1.82) is 0 Å². The molecule has 3 nitrogen and oxygen atoms in total. The monoisotopic (exact) mass is 283 g/mol. The van der Waals surface area contributed by atoms with Crippen molar-refractivity contribution in [2.24, 2.45) is 0 Å². The van der Waals surface area contributed by atoms with Crippen LogP contribution in [0.15, 0.2) is 36.4 Å². The molecule has 2 aromatic carbocycles. The predicted molar refractivity (Wildman–Crippen MR) is 85.1 cm³/mol. The van der Waals surface area contributed by atoms with Crippen molar-refractivity contribution in [2.45, 2.75) is 32.7 Å². The van der Waals surface area contributed by atoms with Gasteiger partial charge < -0.3 is 15.2 Å². The van der Waals surface area contributed by atoms with Gasteiger partial charge in [-0.1, -0.05) is 24.3 Å². The Bertz CT molecular complexity index is 652. The van der Waals surface area contributed by atoms with Crippen LogP contribution in [0.3, 0.4) is 0 Å². The fraction of sp³-hybridized carbons (Fsp3) is 0.333. The van der Waals surface area contributed by atoms with E-state index < -0.39 is 0 Å². The lowest BCUT2D eigenvalue weighted by Gasteiger charge is -2.21.